The van der Waals surface area contributed by atoms with Gasteiger partial charge in [-0.05, 0) is 26.0 Å². The molecule has 0 unspecified atom stereocenters. The molecule has 172 valence electrons. The summed E-state index contributed by atoms with van der Waals surface area (Å²) in [6.07, 6.45) is 5.39. The highest BCUT2D eigenvalue weighted by Gasteiger charge is 2.25. The Labute approximate surface area is 190 Å². The van der Waals surface area contributed by atoms with Crippen LogP contribution in [0.25, 0.3) is 0 Å². The van der Waals surface area contributed by atoms with Crippen LogP contribution in [-0.2, 0) is 17.8 Å². The second-order valence-corrected chi connectivity index (χ2v) is 8.42. The molecule has 33 heavy (non-hydrogen) atoms. The normalized spacial score (nSPS) is 16.3. The number of pyridine rings is 1. The number of anilines is 4. The maximum Gasteiger partial charge on any atom is 0.241 e. The molecule has 1 fully saturated rings. The highest BCUT2D eigenvalue weighted by atomic mass is 19.1. The molecule has 5 rings (SSSR count). The minimum Gasteiger partial charge on any atom is -0.348 e. The van der Waals surface area contributed by atoms with Gasteiger partial charge in [-0.3, -0.25) is 4.79 Å². The van der Waals surface area contributed by atoms with Crippen molar-refractivity contribution in [2.24, 2.45) is 0 Å². The highest BCUT2D eigenvalue weighted by Crippen LogP contribution is 2.27. The minimum absolute atomic E-state index is 0.0127. The van der Waals surface area contributed by atoms with Crippen LogP contribution in [0.1, 0.15) is 31.3 Å². The van der Waals surface area contributed by atoms with Gasteiger partial charge < -0.3 is 25.0 Å². The first-order valence-corrected chi connectivity index (χ1v) is 11.1. The van der Waals surface area contributed by atoms with Gasteiger partial charge in [-0.15, -0.1) is 0 Å². The van der Waals surface area contributed by atoms with E-state index in [0.29, 0.717) is 32.0 Å². The Kier molecular flexibility index (Phi) is 5.63. The van der Waals surface area contributed by atoms with E-state index in [4.69, 9.17) is 0 Å². The van der Waals surface area contributed by atoms with Crippen LogP contribution in [0.3, 0.4) is 0 Å². The summed E-state index contributed by atoms with van der Waals surface area (Å²) in [6.45, 7) is 7.03. The number of piperazine rings is 1. The van der Waals surface area contributed by atoms with E-state index in [1.165, 1.54) is 6.20 Å². The lowest BCUT2D eigenvalue weighted by atomic mass is 10.1. The number of aromatic nitrogens is 5. The van der Waals surface area contributed by atoms with Crippen LogP contribution in [0.15, 0.2) is 30.9 Å². The Morgan fingerprint density at radius 2 is 2.03 bits per heavy atom. The van der Waals surface area contributed by atoms with Crippen LogP contribution in [0.4, 0.5) is 27.7 Å². The highest BCUT2D eigenvalue weighted by molar-refractivity contribution is 5.95. The molecule has 0 atom stereocenters. The molecule has 2 N–H and O–H groups in total. The topological polar surface area (TPSA) is 104 Å². The summed E-state index contributed by atoms with van der Waals surface area (Å²) in [7, 11) is 0. The number of nitrogens with one attached hydrogen (secondary N) is 2. The van der Waals surface area contributed by atoms with E-state index >= 15 is 0 Å². The molecule has 0 aromatic carbocycles. The number of nitrogens with zero attached hydrogens (tertiary/aromatic N) is 7. The van der Waals surface area contributed by atoms with E-state index in [1.54, 1.807) is 17.2 Å². The average Bonchev–Trinajstić information content (AvgIpc) is 3.25. The molecule has 5 heterocycles. The average molecular weight is 452 g/mol. The quantitative estimate of drug-likeness (QED) is 0.607. The van der Waals surface area contributed by atoms with Gasteiger partial charge in [0.05, 0.1) is 48.9 Å². The molecule has 1 amide bonds. The van der Waals surface area contributed by atoms with Gasteiger partial charge in [-0.2, -0.15) is 4.98 Å². The number of rotatable bonds is 5. The largest absolute Gasteiger partial charge is 0.348 e. The summed E-state index contributed by atoms with van der Waals surface area (Å²) < 4.78 is 16.8. The zero-order valence-electron chi connectivity index (χ0n) is 18.6. The molecule has 0 aliphatic carbocycles. The van der Waals surface area contributed by atoms with E-state index in [1.807, 2.05) is 17.3 Å². The Morgan fingerprint density at radius 3 is 2.79 bits per heavy atom. The molecule has 2 aliphatic rings. The first-order valence-electron chi connectivity index (χ1n) is 11.1. The Morgan fingerprint density at radius 1 is 1.15 bits per heavy atom. The molecular formula is C22H26FN9O. The van der Waals surface area contributed by atoms with Crippen LogP contribution >= 0.6 is 0 Å². The van der Waals surface area contributed by atoms with Gasteiger partial charge in [-0.25, -0.2) is 19.3 Å². The molecule has 0 saturated carbocycles. The number of halogens is 1. The number of hydrogen-bond donors (Lipinski definition) is 2. The summed E-state index contributed by atoms with van der Waals surface area (Å²) in [5, 5.41) is 6.08. The van der Waals surface area contributed by atoms with Crippen LogP contribution in [0, 0.1) is 5.82 Å². The Hall–Kier alpha value is -3.60. The number of hydrogen-bond acceptors (Lipinski definition) is 8. The molecule has 3 aromatic heterocycles. The Bertz CT molecular complexity index is 1160. The maximum absolute atomic E-state index is 14.7. The molecule has 0 spiro atoms. The summed E-state index contributed by atoms with van der Waals surface area (Å²) in [5.41, 5.74) is 2.88. The minimum atomic E-state index is -0.472. The number of imidazole rings is 1. The lowest BCUT2D eigenvalue weighted by Crippen LogP contribution is -2.48. The molecule has 0 bridgehead atoms. The van der Waals surface area contributed by atoms with E-state index < -0.39 is 5.82 Å². The SMILES string of the molecule is CC(C)n1cnc2c1CN(c1nc(Nc3ccc(N4CCNCC4=O)cn3)ncc1F)CC2. The molecule has 11 heteroatoms. The molecular weight excluding hydrogens is 425 g/mol. The lowest BCUT2D eigenvalue weighted by molar-refractivity contribution is -0.118. The van der Waals surface area contributed by atoms with Gasteiger partial charge in [0.2, 0.25) is 11.9 Å². The van der Waals surface area contributed by atoms with Gasteiger partial charge in [0.15, 0.2) is 11.6 Å². The van der Waals surface area contributed by atoms with Crippen LogP contribution < -0.4 is 20.4 Å². The van der Waals surface area contributed by atoms with E-state index in [9.17, 15) is 9.18 Å². The fourth-order valence-corrected chi connectivity index (χ4v) is 4.19. The third-order valence-electron chi connectivity index (χ3n) is 5.91. The summed E-state index contributed by atoms with van der Waals surface area (Å²) in [5.74, 6) is 0.558. The second kappa shape index (κ2) is 8.74. The van der Waals surface area contributed by atoms with Gasteiger partial charge in [0, 0.05) is 32.1 Å². The van der Waals surface area contributed by atoms with Gasteiger partial charge in [0.1, 0.15) is 5.82 Å². The zero-order valence-corrected chi connectivity index (χ0v) is 18.6. The molecule has 3 aromatic rings. The number of carbonyl (C=O) groups excluding carboxylic acids is 1. The van der Waals surface area contributed by atoms with Crippen LogP contribution in [0.2, 0.25) is 0 Å². The molecule has 2 aliphatic heterocycles. The fraction of sp³-hybridized carbons (Fsp3) is 0.409. The van der Waals surface area contributed by atoms with Crippen molar-refractivity contribution in [2.75, 3.05) is 41.3 Å². The molecule has 10 nitrogen and oxygen atoms in total. The predicted octanol–water partition coefficient (Wildman–Crippen LogP) is 2.03. The van der Waals surface area contributed by atoms with Crippen LogP contribution in [-0.4, -0.2) is 56.6 Å². The summed E-state index contributed by atoms with van der Waals surface area (Å²) in [4.78, 5) is 33.1. The fourth-order valence-electron chi connectivity index (χ4n) is 4.19. The van der Waals surface area contributed by atoms with Crippen molar-refractivity contribution in [3.05, 3.63) is 48.1 Å². The second-order valence-electron chi connectivity index (χ2n) is 8.42. The van der Waals surface area contributed by atoms with Crippen molar-refractivity contribution in [1.29, 1.82) is 0 Å². The zero-order chi connectivity index (χ0) is 22.9. The number of carbonyl (C=O) groups is 1. The third-order valence-corrected chi connectivity index (χ3v) is 5.91. The van der Waals surface area contributed by atoms with E-state index in [0.717, 1.165) is 30.0 Å². The van der Waals surface area contributed by atoms with Crippen molar-refractivity contribution in [2.45, 2.75) is 32.9 Å². The van der Waals surface area contributed by atoms with Gasteiger partial charge >= 0.3 is 0 Å². The van der Waals surface area contributed by atoms with Gasteiger partial charge in [-0.1, -0.05) is 0 Å². The molecule has 1 saturated heterocycles. The molecule has 0 radical (unpaired) electrons. The maximum atomic E-state index is 14.7. The van der Waals surface area contributed by atoms with Crippen molar-refractivity contribution in [3.8, 4) is 0 Å². The smallest absolute Gasteiger partial charge is 0.241 e. The van der Waals surface area contributed by atoms with Gasteiger partial charge in [0.25, 0.3) is 0 Å². The van der Waals surface area contributed by atoms with Crippen LogP contribution in [0.5, 0.6) is 0 Å². The van der Waals surface area contributed by atoms with E-state index in [-0.39, 0.29) is 23.7 Å². The monoisotopic (exact) mass is 451 g/mol. The van der Waals surface area contributed by atoms with Crippen molar-refractivity contribution in [3.63, 3.8) is 0 Å². The lowest BCUT2D eigenvalue weighted by Gasteiger charge is -2.29. The summed E-state index contributed by atoms with van der Waals surface area (Å²) >= 11 is 0. The first-order chi connectivity index (χ1) is 16.0. The Balaban J connectivity index is 1.33. The number of fused-ring (bicyclic) bond motifs is 1. The van der Waals surface area contributed by atoms with Crippen molar-refractivity contribution < 1.29 is 9.18 Å². The standard InChI is InChI=1S/C22H26FN9O/c1-14(2)32-13-27-17-5-7-30(12-18(17)32)21-16(23)10-26-22(29-21)28-19-4-3-15(9-25-19)31-8-6-24-11-20(31)33/h3-4,9-10,13-14,24H,5-8,11-12H2,1-2H3,(H,25,26,28,29). The number of amides is 1. The van der Waals surface area contributed by atoms with E-state index in [2.05, 4.69) is 49.0 Å². The van der Waals surface area contributed by atoms with Crippen molar-refractivity contribution in [1.82, 2.24) is 29.8 Å². The third kappa shape index (κ3) is 4.23. The summed E-state index contributed by atoms with van der Waals surface area (Å²) in [6, 6.07) is 3.85. The van der Waals surface area contributed by atoms with Crippen molar-refractivity contribution >= 4 is 29.2 Å². The predicted molar refractivity (Wildman–Crippen MR) is 122 cm³/mol. The first kappa shape index (κ1) is 21.3.